The number of carbonyl (C=O) groups excluding carboxylic acids is 1. The summed E-state index contributed by atoms with van der Waals surface area (Å²) in [5.74, 6) is 1.04. The van der Waals surface area contributed by atoms with E-state index in [2.05, 4.69) is 33.2 Å². The Labute approximate surface area is 113 Å². The van der Waals surface area contributed by atoms with Gasteiger partial charge in [-0.15, -0.1) is 0 Å². The van der Waals surface area contributed by atoms with Crippen LogP contribution in [0.3, 0.4) is 0 Å². The van der Waals surface area contributed by atoms with E-state index in [0.717, 1.165) is 37.1 Å². The highest BCUT2D eigenvalue weighted by Gasteiger charge is 2.16. The fourth-order valence-corrected chi connectivity index (χ4v) is 2.63. The third kappa shape index (κ3) is 7.04. The molecule has 1 heterocycles. The predicted octanol–water partition coefficient (Wildman–Crippen LogP) is 2.40. The fraction of sp³-hybridized carbons (Fsp3) is 0.923. The summed E-state index contributed by atoms with van der Waals surface area (Å²) >= 11 is 3.37. The Hall–Kier alpha value is -0.0900. The zero-order valence-electron chi connectivity index (χ0n) is 10.9. The normalized spacial score (nSPS) is 18.2. The summed E-state index contributed by atoms with van der Waals surface area (Å²) in [6.07, 6.45) is 6.48. The van der Waals surface area contributed by atoms with Crippen LogP contribution in [0, 0.1) is 5.92 Å². The number of hydrogen-bond donors (Lipinski definition) is 1. The molecule has 0 aromatic carbocycles. The van der Waals surface area contributed by atoms with Crippen molar-refractivity contribution < 1.29 is 4.79 Å². The Morgan fingerprint density at radius 3 is 2.71 bits per heavy atom. The van der Waals surface area contributed by atoms with Gasteiger partial charge in [0, 0.05) is 18.3 Å². The van der Waals surface area contributed by atoms with Crippen LogP contribution in [0.25, 0.3) is 0 Å². The number of piperidine rings is 1. The molecule has 0 aromatic heterocycles. The van der Waals surface area contributed by atoms with Gasteiger partial charge in [-0.2, -0.15) is 0 Å². The van der Waals surface area contributed by atoms with Crippen LogP contribution in [0.15, 0.2) is 0 Å². The van der Waals surface area contributed by atoms with Crippen LogP contribution in [-0.4, -0.2) is 42.8 Å². The van der Waals surface area contributed by atoms with Gasteiger partial charge in [0.05, 0.1) is 0 Å². The lowest BCUT2D eigenvalue weighted by atomic mass is 9.94. The second-order valence-corrected chi connectivity index (χ2v) is 5.82. The molecule has 3 nitrogen and oxygen atoms in total. The summed E-state index contributed by atoms with van der Waals surface area (Å²) in [5.41, 5.74) is 0. The van der Waals surface area contributed by atoms with Crippen molar-refractivity contribution in [3.8, 4) is 0 Å². The Kier molecular flexibility index (Phi) is 7.86. The van der Waals surface area contributed by atoms with Crippen LogP contribution in [0.4, 0.5) is 0 Å². The third-order valence-corrected chi connectivity index (χ3v) is 4.06. The maximum Gasteiger partial charge on any atom is 0.219 e. The average Bonchev–Trinajstić information content (AvgIpc) is 2.32. The van der Waals surface area contributed by atoms with Crippen molar-refractivity contribution in [1.82, 2.24) is 10.2 Å². The first-order valence-electron chi connectivity index (χ1n) is 6.73. The van der Waals surface area contributed by atoms with Crippen molar-refractivity contribution >= 4 is 21.8 Å². The summed E-state index contributed by atoms with van der Waals surface area (Å²) in [6, 6.07) is 0. The van der Waals surface area contributed by atoms with Gasteiger partial charge in [0.25, 0.3) is 0 Å². The highest BCUT2D eigenvalue weighted by molar-refractivity contribution is 9.09. The molecule has 0 saturated carbocycles. The van der Waals surface area contributed by atoms with E-state index in [1.165, 1.54) is 25.9 Å². The summed E-state index contributed by atoms with van der Waals surface area (Å²) in [4.78, 5) is 13.9. The fourth-order valence-electron chi connectivity index (χ4n) is 2.23. The number of hydrogen-bond acceptors (Lipinski definition) is 2. The average molecular weight is 305 g/mol. The van der Waals surface area contributed by atoms with E-state index in [1.807, 2.05) is 0 Å². The number of nitrogens with zero attached hydrogens (tertiary/aromatic N) is 1. The summed E-state index contributed by atoms with van der Waals surface area (Å²) in [7, 11) is 2.18. The Bertz CT molecular complexity index is 215. The van der Waals surface area contributed by atoms with Crippen LogP contribution < -0.4 is 5.32 Å². The van der Waals surface area contributed by atoms with Gasteiger partial charge in [-0.05, 0) is 58.2 Å². The number of unbranched alkanes of at least 4 members (excludes halogenated alkanes) is 1. The molecule has 1 rings (SSSR count). The van der Waals surface area contributed by atoms with E-state index in [9.17, 15) is 4.79 Å². The standard InChI is InChI=1S/C13H25BrN2O/c1-16-10-6-12(7-11-16)5-9-15-13(17)4-2-3-8-14/h12H,2-11H2,1H3,(H,15,17). The van der Waals surface area contributed by atoms with Gasteiger partial charge in [0.15, 0.2) is 0 Å². The van der Waals surface area contributed by atoms with Crippen molar-refractivity contribution in [1.29, 1.82) is 0 Å². The Morgan fingerprint density at radius 1 is 1.35 bits per heavy atom. The number of carbonyl (C=O) groups is 1. The van der Waals surface area contributed by atoms with Gasteiger partial charge >= 0.3 is 0 Å². The molecule has 0 atom stereocenters. The van der Waals surface area contributed by atoms with Gasteiger partial charge < -0.3 is 10.2 Å². The van der Waals surface area contributed by atoms with Crippen LogP contribution in [0.5, 0.6) is 0 Å². The van der Waals surface area contributed by atoms with E-state index < -0.39 is 0 Å². The Balaban J connectivity index is 1.97. The molecule has 1 fully saturated rings. The first-order chi connectivity index (χ1) is 8.22. The molecule has 0 aromatic rings. The lowest BCUT2D eigenvalue weighted by molar-refractivity contribution is -0.121. The van der Waals surface area contributed by atoms with E-state index >= 15 is 0 Å². The molecular formula is C13H25BrN2O. The smallest absolute Gasteiger partial charge is 0.219 e. The van der Waals surface area contributed by atoms with E-state index in [1.54, 1.807) is 0 Å². The van der Waals surface area contributed by atoms with Gasteiger partial charge in [-0.3, -0.25) is 4.79 Å². The molecule has 1 aliphatic rings. The number of alkyl halides is 1. The van der Waals surface area contributed by atoms with Crippen molar-refractivity contribution in [3.05, 3.63) is 0 Å². The lowest BCUT2D eigenvalue weighted by Gasteiger charge is -2.28. The molecule has 1 N–H and O–H groups in total. The number of rotatable bonds is 7. The molecular weight excluding hydrogens is 280 g/mol. The zero-order valence-corrected chi connectivity index (χ0v) is 12.5. The monoisotopic (exact) mass is 304 g/mol. The summed E-state index contributed by atoms with van der Waals surface area (Å²) < 4.78 is 0. The number of nitrogens with one attached hydrogen (secondary N) is 1. The number of likely N-dealkylation sites (tertiary alicyclic amines) is 1. The van der Waals surface area contributed by atoms with Crippen molar-refractivity contribution in [3.63, 3.8) is 0 Å². The van der Waals surface area contributed by atoms with Crippen LogP contribution in [0.2, 0.25) is 0 Å². The maximum absolute atomic E-state index is 11.5. The summed E-state index contributed by atoms with van der Waals surface area (Å²) in [5, 5.41) is 4.03. The quantitative estimate of drug-likeness (QED) is 0.579. The van der Waals surface area contributed by atoms with Crippen LogP contribution in [-0.2, 0) is 4.79 Å². The van der Waals surface area contributed by atoms with Gasteiger partial charge in [-0.25, -0.2) is 0 Å². The second kappa shape index (κ2) is 8.92. The molecule has 1 aliphatic heterocycles. The first-order valence-corrected chi connectivity index (χ1v) is 7.85. The molecule has 100 valence electrons. The topological polar surface area (TPSA) is 32.3 Å². The van der Waals surface area contributed by atoms with E-state index in [-0.39, 0.29) is 5.91 Å². The predicted molar refractivity (Wildman–Crippen MR) is 75.5 cm³/mol. The van der Waals surface area contributed by atoms with Gasteiger partial charge in [-0.1, -0.05) is 15.9 Å². The molecule has 4 heteroatoms. The van der Waals surface area contributed by atoms with Crippen molar-refractivity contribution in [2.24, 2.45) is 5.92 Å². The van der Waals surface area contributed by atoms with Crippen molar-refractivity contribution in [2.75, 3.05) is 32.0 Å². The first kappa shape index (κ1) is 15.0. The minimum atomic E-state index is 0.221. The molecule has 0 aliphatic carbocycles. The minimum Gasteiger partial charge on any atom is -0.356 e. The summed E-state index contributed by atoms with van der Waals surface area (Å²) in [6.45, 7) is 3.29. The lowest BCUT2D eigenvalue weighted by Crippen LogP contribution is -2.32. The molecule has 1 saturated heterocycles. The third-order valence-electron chi connectivity index (χ3n) is 3.50. The largest absolute Gasteiger partial charge is 0.356 e. The molecule has 0 bridgehead atoms. The molecule has 0 radical (unpaired) electrons. The minimum absolute atomic E-state index is 0.221. The van der Waals surface area contributed by atoms with Gasteiger partial charge in [0.1, 0.15) is 0 Å². The van der Waals surface area contributed by atoms with E-state index in [4.69, 9.17) is 0 Å². The number of halogens is 1. The molecule has 0 unspecified atom stereocenters. The molecule has 0 spiro atoms. The Morgan fingerprint density at radius 2 is 2.06 bits per heavy atom. The van der Waals surface area contributed by atoms with Crippen LogP contribution in [0.1, 0.15) is 38.5 Å². The highest BCUT2D eigenvalue weighted by Crippen LogP contribution is 2.18. The zero-order chi connectivity index (χ0) is 12.5. The SMILES string of the molecule is CN1CCC(CCNC(=O)CCCCBr)CC1. The van der Waals surface area contributed by atoms with Crippen LogP contribution >= 0.6 is 15.9 Å². The molecule has 1 amide bonds. The maximum atomic E-state index is 11.5. The van der Waals surface area contributed by atoms with Gasteiger partial charge in [0.2, 0.25) is 5.91 Å². The highest BCUT2D eigenvalue weighted by atomic mass is 79.9. The second-order valence-electron chi connectivity index (χ2n) is 5.03. The molecule has 17 heavy (non-hydrogen) atoms. The van der Waals surface area contributed by atoms with E-state index in [0.29, 0.717) is 6.42 Å². The van der Waals surface area contributed by atoms with Crippen molar-refractivity contribution in [2.45, 2.75) is 38.5 Å². The number of amides is 1.